The second kappa shape index (κ2) is 5.19. The predicted octanol–water partition coefficient (Wildman–Crippen LogP) is 3.00. The summed E-state index contributed by atoms with van der Waals surface area (Å²) in [5.74, 6) is 0. The molecule has 0 aliphatic heterocycles. The van der Waals surface area contributed by atoms with Crippen LogP contribution in [0.2, 0.25) is 0 Å². The van der Waals surface area contributed by atoms with Crippen molar-refractivity contribution in [2.45, 2.75) is 6.54 Å². The van der Waals surface area contributed by atoms with Crippen molar-refractivity contribution >= 4 is 27.2 Å². The summed E-state index contributed by atoms with van der Waals surface area (Å²) < 4.78 is 1.10. The molecule has 3 rings (SSSR count). The van der Waals surface area contributed by atoms with Gasteiger partial charge in [-0.15, -0.1) is 11.3 Å². The highest BCUT2D eigenvalue weighted by molar-refractivity contribution is 7.21. The second-order valence-electron chi connectivity index (χ2n) is 5.06. The molecular formula is C15H16N4S. The third-order valence-electron chi connectivity index (χ3n) is 2.95. The van der Waals surface area contributed by atoms with Crippen LogP contribution in [-0.2, 0) is 6.54 Å². The van der Waals surface area contributed by atoms with Gasteiger partial charge in [0, 0.05) is 30.2 Å². The minimum atomic E-state index is 0.775. The molecule has 2 heterocycles. The summed E-state index contributed by atoms with van der Waals surface area (Å²) in [5, 5.41) is 0.986. The number of thiazole rings is 1. The Bertz CT molecular complexity index is 715. The van der Waals surface area contributed by atoms with Gasteiger partial charge in [-0.25, -0.2) is 4.98 Å². The van der Waals surface area contributed by atoms with E-state index in [0.717, 1.165) is 33.0 Å². The first-order valence-electron chi connectivity index (χ1n) is 6.37. The summed E-state index contributed by atoms with van der Waals surface area (Å²) in [4.78, 5) is 10.9. The van der Waals surface area contributed by atoms with Crippen molar-refractivity contribution in [1.82, 2.24) is 14.9 Å². The molecule has 4 nitrogen and oxygen atoms in total. The summed E-state index contributed by atoms with van der Waals surface area (Å²) in [5.41, 5.74) is 10.0. The van der Waals surface area contributed by atoms with Crippen LogP contribution in [0.15, 0.2) is 36.7 Å². The van der Waals surface area contributed by atoms with Crippen LogP contribution in [0.1, 0.15) is 5.56 Å². The molecule has 2 N–H and O–H groups in total. The van der Waals surface area contributed by atoms with Crippen molar-refractivity contribution in [3.63, 3.8) is 0 Å². The number of nitrogens with zero attached hydrogens (tertiary/aromatic N) is 3. The van der Waals surface area contributed by atoms with Crippen molar-refractivity contribution < 1.29 is 0 Å². The standard InChI is InChI=1S/C15H16N4S/c1-19(2)9-10-5-11(7-12(16)6-10)15-18-13-3-4-17-8-14(13)20-15/h3-8H,9,16H2,1-2H3. The molecule has 0 spiro atoms. The number of nitrogen functional groups attached to an aromatic ring is 1. The van der Waals surface area contributed by atoms with Crippen LogP contribution in [0.25, 0.3) is 20.8 Å². The van der Waals surface area contributed by atoms with Gasteiger partial charge in [-0.3, -0.25) is 4.98 Å². The number of hydrogen-bond donors (Lipinski definition) is 1. The highest BCUT2D eigenvalue weighted by Crippen LogP contribution is 2.31. The van der Waals surface area contributed by atoms with E-state index in [1.165, 1.54) is 5.56 Å². The minimum absolute atomic E-state index is 0.775. The average molecular weight is 284 g/mol. The van der Waals surface area contributed by atoms with Crippen LogP contribution in [0, 0.1) is 0 Å². The largest absolute Gasteiger partial charge is 0.399 e. The van der Waals surface area contributed by atoms with Gasteiger partial charge in [0.1, 0.15) is 5.01 Å². The predicted molar refractivity (Wildman–Crippen MR) is 84.7 cm³/mol. The number of aromatic nitrogens is 2. The van der Waals surface area contributed by atoms with Crippen LogP contribution in [-0.4, -0.2) is 29.0 Å². The highest BCUT2D eigenvalue weighted by atomic mass is 32.1. The average Bonchev–Trinajstić information content (AvgIpc) is 2.80. The third kappa shape index (κ3) is 2.64. The normalized spacial score (nSPS) is 11.3. The lowest BCUT2D eigenvalue weighted by molar-refractivity contribution is 0.402. The number of fused-ring (bicyclic) bond motifs is 1. The number of anilines is 1. The van der Waals surface area contributed by atoms with Crippen LogP contribution in [0.4, 0.5) is 5.69 Å². The zero-order valence-corrected chi connectivity index (χ0v) is 12.3. The first-order valence-corrected chi connectivity index (χ1v) is 7.18. The Morgan fingerprint density at radius 1 is 1.25 bits per heavy atom. The molecule has 0 saturated carbocycles. The van der Waals surface area contributed by atoms with Gasteiger partial charge in [-0.2, -0.15) is 0 Å². The highest BCUT2D eigenvalue weighted by Gasteiger charge is 2.08. The molecule has 0 saturated heterocycles. The van der Waals surface area contributed by atoms with Crippen molar-refractivity contribution in [3.8, 4) is 10.6 Å². The summed E-state index contributed by atoms with van der Waals surface area (Å²) in [6.07, 6.45) is 3.62. The minimum Gasteiger partial charge on any atom is -0.399 e. The Labute approximate surface area is 121 Å². The summed E-state index contributed by atoms with van der Waals surface area (Å²) in [6.45, 7) is 0.866. The van der Waals surface area contributed by atoms with Gasteiger partial charge < -0.3 is 10.6 Å². The molecule has 20 heavy (non-hydrogen) atoms. The van der Waals surface area contributed by atoms with E-state index in [0.29, 0.717) is 0 Å². The van der Waals surface area contributed by atoms with Crippen LogP contribution < -0.4 is 5.73 Å². The third-order valence-corrected chi connectivity index (χ3v) is 4.01. The van der Waals surface area contributed by atoms with Gasteiger partial charge in [0.05, 0.1) is 10.2 Å². The number of nitrogens with two attached hydrogens (primary N) is 1. The van der Waals surface area contributed by atoms with E-state index >= 15 is 0 Å². The van der Waals surface area contributed by atoms with E-state index in [4.69, 9.17) is 5.73 Å². The van der Waals surface area contributed by atoms with E-state index in [1.54, 1.807) is 17.5 Å². The van der Waals surface area contributed by atoms with Gasteiger partial charge in [0.2, 0.25) is 0 Å². The smallest absolute Gasteiger partial charge is 0.124 e. The summed E-state index contributed by atoms with van der Waals surface area (Å²) in [7, 11) is 4.10. The van der Waals surface area contributed by atoms with Gasteiger partial charge in [-0.1, -0.05) is 0 Å². The number of benzene rings is 1. The molecule has 0 bridgehead atoms. The fourth-order valence-corrected chi connectivity index (χ4v) is 3.12. The Kier molecular flexibility index (Phi) is 3.38. The zero-order chi connectivity index (χ0) is 14.1. The van der Waals surface area contributed by atoms with Crippen LogP contribution in [0.3, 0.4) is 0 Å². The van der Waals surface area contributed by atoms with Gasteiger partial charge in [-0.05, 0) is 43.9 Å². The second-order valence-corrected chi connectivity index (χ2v) is 6.09. The first-order chi connectivity index (χ1) is 9.61. The molecule has 0 aliphatic rings. The SMILES string of the molecule is CN(C)Cc1cc(N)cc(-c2nc3ccncc3s2)c1. The summed E-state index contributed by atoms with van der Waals surface area (Å²) >= 11 is 1.64. The van der Waals surface area contributed by atoms with E-state index in [-0.39, 0.29) is 0 Å². The Morgan fingerprint density at radius 3 is 2.85 bits per heavy atom. The molecule has 1 aromatic carbocycles. The number of hydrogen-bond acceptors (Lipinski definition) is 5. The van der Waals surface area contributed by atoms with E-state index < -0.39 is 0 Å². The number of rotatable bonds is 3. The number of pyridine rings is 1. The van der Waals surface area contributed by atoms with Gasteiger partial charge in [0.15, 0.2) is 0 Å². The molecule has 102 valence electrons. The van der Waals surface area contributed by atoms with Gasteiger partial charge in [0.25, 0.3) is 0 Å². The van der Waals surface area contributed by atoms with E-state index in [1.807, 2.05) is 38.5 Å². The van der Waals surface area contributed by atoms with Crippen molar-refractivity contribution in [3.05, 3.63) is 42.2 Å². The maximum atomic E-state index is 6.01. The monoisotopic (exact) mass is 284 g/mol. The van der Waals surface area contributed by atoms with E-state index in [9.17, 15) is 0 Å². The molecule has 0 aliphatic carbocycles. The molecule has 2 aromatic heterocycles. The molecule has 0 amide bonds. The lowest BCUT2D eigenvalue weighted by atomic mass is 10.1. The Morgan fingerprint density at radius 2 is 2.10 bits per heavy atom. The Hall–Kier alpha value is -1.98. The zero-order valence-electron chi connectivity index (χ0n) is 11.5. The van der Waals surface area contributed by atoms with Crippen molar-refractivity contribution in [2.75, 3.05) is 19.8 Å². The molecule has 0 atom stereocenters. The van der Waals surface area contributed by atoms with Crippen LogP contribution >= 0.6 is 11.3 Å². The van der Waals surface area contributed by atoms with Crippen LogP contribution in [0.5, 0.6) is 0 Å². The molecule has 0 unspecified atom stereocenters. The Balaban J connectivity index is 2.06. The van der Waals surface area contributed by atoms with Crippen molar-refractivity contribution in [1.29, 1.82) is 0 Å². The van der Waals surface area contributed by atoms with Crippen molar-refractivity contribution in [2.24, 2.45) is 0 Å². The lowest BCUT2D eigenvalue weighted by Crippen LogP contribution is -2.10. The molecule has 0 radical (unpaired) electrons. The quantitative estimate of drug-likeness (QED) is 0.751. The topological polar surface area (TPSA) is 55.0 Å². The molecular weight excluding hydrogens is 268 g/mol. The lowest BCUT2D eigenvalue weighted by Gasteiger charge is -2.11. The fourth-order valence-electron chi connectivity index (χ4n) is 2.20. The molecule has 0 fully saturated rings. The van der Waals surface area contributed by atoms with Gasteiger partial charge >= 0.3 is 0 Å². The molecule has 5 heteroatoms. The maximum absolute atomic E-state index is 6.01. The molecule has 3 aromatic rings. The van der Waals surface area contributed by atoms with E-state index in [2.05, 4.69) is 20.9 Å². The maximum Gasteiger partial charge on any atom is 0.124 e. The fraction of sp³-hybridized carbons (Fsp3) is 0.200. The first kappa shape index (κ1) is 13.0. The summed E-state index contributed by atoms with van der Waals surface area (Å²) in [6, 6.07) is 8.08.